The highest BCUT2D eigenvalue weighted by atomic mass is 32.2. The number of ether oxygens (including phenoxy) is 1. The number of anilines is 2. The Hall–Kier alpha value is -4.77. The van der Waals surface area contributed by atoms with Crippen LogP contribution in [0.3, 0.4) is 0 Å². The van der Waals surface area contributed by atoms with E-state index in [9.17, 15) is 9.70 Å². The fourth-order valence-corrected chi connectivity index (χ4v) is 7.55. The van der Waals surface area contributed by atoms with Crippen LogP contribution < -0.4 is 19.7 Å². The van der Waals surface area contributed by atoms with E-state index in [0.29, 0.717) is 36.1 Å². The maximum atomic E-state index is 13.0. The lowest BCUT2D eigenvalue weighted by Gasteiger charge is -2.39. The van der Waals surface area contributed by atoms with Gasteiger partial charge in [0.05, 0.1) is 12.3 Å². The van der Waals surface area contributed by atoms with Crippen molar-refractivity contribution in [2.45, 2.75) is 29.7 Å². The van der Waals surface area contributed by atoms with Crippen LogP contribution in [-0.2, 0) is 0 Å². The zero-order valence-corrected chi connectivity index (χ0v) is 30.6. The molecule has 5 aromatic rings. The zero-order chi connectivity index (χ0) is 35.4. The minimum Gasteiger partial charge on any atom is -0.494 e. The van der Waals surface area contributed by atoms with Crippen LogP contribution in [-0.4, -0.2) is 55.9 Å². The number of thioether (sulfide) groups is 1. The van der Waals surface area contributed by atoms with Gasteiger partial charge in [-0.25, -0.2) is 0 Å². The molecule has 0 aliphatic carbocycles. The van der Waals surface area contributed by atoms with Crippen LogP contribution in [0.4, 0.5) is 17.1 Å². The Morgan fingerprint density at radius 3 is 2.31 bits per heavy atom. The smallest absolute Gasteiger partial charge is 0.261 e. The Labute approximate surface area is 309 Å². The molecule has 1 aliphatic heterocycles. The highest BCUT2D eigenvalue weighted by molar-refractivity contribution is 7.99. The van der Waals surface area contributed by atoms with Crippen molar-refractivity contribution >= 4 is 46.7 Å². The summed E-state index contributed by atoms with van der Waals surface area (Å²) in [7, 11) is 0. The van der Waals surface area contributed by atoms with Crippen LogP contribution in [0.25, 0.3) is 11.1 Å². The maximum absolute atomic E-state index is 13.0. The van der Waals surface area contributed by atoms with E-state index in [1.54, 1.807) is 17.8 Å². The largest absolute Gasteiger partial charge is 0.494 e. The lowest BCUT2D eigenvalue weighted by Crippen LogP contribution is -2.47. The number of rotatable bonds is 15. The number of nitrogens with zero attached hydrogens (tertiary/aromatic N) is 3. The Bertz CT molecular complexity index is 1880. The first kappa shape index (κ1) is 36.0. The number of hydrogen-bond acceptors (Lipinski definition) is 9. The van der Waals surface area contributed by atoms with Crippen molar-refractivity contribution in [2.75, 3.05) is 55.3 Å². The van der Waals surface area contributed by atoms with E-state index in [0.717, 1.165) is 53.8 Å². The third-order valence-electron chi connectivity index (χ3n) is 8.99. The Morgan fingerprint density at radius 2 is 1.59 bits per heavy atom. The summed E-state index contributed by atoms with van der Waals surface area (Å²) in [5.74, 6) is 1.55. The van der Waals surface area contributed by atoms with Gasteiger partial charge in [0.2, 0.25) is 0 Å². The molecule has 1 unspecified atom stereocenters. The molecule has 8 nitrogen and oxygen atoms in total. The molecule has 0 bridgehead atoms. The molecule has 1 fully saturated rings. The van der Waals surface area contributed by atoms with Crippen LogP contribution in [0.5, 0.6) is 5.75 Å². The van der Waals surface area contributed by atoms with Crippen molar-refractivity contribution in [3.8, 4) is 16.9 Å². The topological polar surface area (TPSA) is 86.3 Å². The number of piperazine rings is 1. The summed E-state index contributed by atoms with van der Waals surface area (Å²) in [5, 5.41) is 6.49. The van der Waals surface area contributed by atoms with E-state index in [4.69, 9.17) is 4.74 Å². The Balaban J connectivity index is 0.952. The number of benzene rings is 5. The van der Waals surface area contributed by atoms with Gasteiger partial charge in [-0.2, -0.15) is 0 Å². The first-order chi connectivity index (χ1) is 25.0. The second-order valence-corrected chi connectivity index (χ2v) is 14.3. The minimum atomic E-state index is -0.195. The number of nitroso groups, excluding NO2 is 1. The molecule has 0 saturated carbocycles. The van der Waals surface area contributed by atoms with Gasteiger partial charge in [-0.1, -0.05) is 54.6 Å². The molecular formula is C41H43N5O3S2. The average Bonchev–Trinajstić information content (AvgIpc) is 3.19. The molecule has 51 heavy (non-hydrogen) atoms. The summed E-state index contributed by atoms with van der Waals surface area (Å²) < 4.78 is 8.57. The molecule has 5 aromatic carbocycles. The first-order valence-corrected chi connectivity index (χ1v) is 19.1. The van der Waals surface area contributed by atoms with Gasteiger partial charge in [-0.15, -0.1) is 16.7 Å². The molecule has 262 valence electrons. The molecule has 1 amide bonds. The van der Waals surface area contributed by atoms with Crippen molar-refractivity contribution in [1.29, 1.82) is 0 Å². The van der Waals surface area contributed by atoms with E-state index < -0.39 is 0 Å². The van der Waals surface area contributed by atoms with E-state index in [1.165, 1.54) is 28.0 Å². The van der Waals surface area contributed by atoms with Gasteiger partial charge >= 0.3 is 0 Å². The second kappa shape index (κ2) is 17.9. The normalized spacial score (nSPS) is 13.7. The van der Waals surface area contributed by atoms with Crippen LogP contribution in [0.15, 0.2) is 136 Å². The van der Waals surface area contributed by atoms with Crippen molar-refractivity contribution in [2.24, 2.45) is 5.18 Å². The highest BCUT2D eigenvalue weighted by Crippen LogP contribution is 2.31. The van der Waals surface area contributed by atoms with E-state index >= 15 is 0 Å². The summed E-state index contributed by atoms with van der Waals surface area (Å²) in [6, 6.07) is 40.8. The van der Waals surface area contributed by atoms with Gasteiger partial charge in [-0.05, 0) is 114 Å². The van der Waals surface area contributed by atoms with E-state index in [2.05, 4.69) is 80.5 Å². The Kier molecular flexibility index (Phi) is 12.7. The SMILES string of the molecule is CCOc1cccc(-c2ccc(C(C)N3CCN(c4ccc(C(=O)NSc5ccc(NCCSc6ccccc6)c(N=O)c5)cc4)CC3)cc2)c1. The van der Waals surface area contributed by atoms with Crippen LogP contribution in [0.2, 0.25) is 0 Å². The molecule has 1 heterocycles. The predicted molar refractivity (Wildman–Crippen MR) is 213 cm³/mol. The fraction of sp³-hybridized carbons (Fsp3) is 0.244. The third kappa shape index (κ3) is 9.72. The summed E-state index contributed by atoms with van der Waals surface area (Å²) >= 11 is 2.92. The molecule has 10 heteroatoms. The fourth-order valence-electron chi connectivity index (χ4n) is 6.12. The lowest BCUT2D eigenvalue weighted by molar-refractivity contribution is 0.0984. The first-order valence-electron chi connectivity index (χ1n) is 17.3. The van der Waals surface area contributed by atoms with Gasteiger partial charge in [0.25, 0.3) is 5.91 Å². The quantitative estimate of drug-likeness (QED) is 0.0479. The van der Waals surface area contributed by atoms with Gasteiger partial charge in [0.1, 0.15) is 11.4 Å². The van der Waals surface area contributed by atoms with Crippen LogP contribution in [0, 0.1) is 4.91 Å². The molecule has 1 saturated heterocycles. The zero-order valence-electron chi connectivity index (χ0n) is 29.0. The average molecular weight is 718 g/mol. The lowest BCUT2D eigenvalue weighted by atomic mass is 10.00. The molecule has 0 aromatic heterocycles. The number of hydrogen-bond donors (Lipinski definition) is 2. The van der Waals surface area contributed by atoms with Crippen molar-refractivity contribution in [3.63, 3.8) is 0 Å². The highest BCUT2D eigenvalue weighted by Gasteiger charge is 2.22. The van der Waals surface area contributed by atoms with Gasteiger partial charge < -0.3 is 15.0 Å². The predicted octanol–water partition coefficient (Wildman–Crippen LogP) is 9.67. The van der Waals surface area contributed by atoms with Crippen LogP contribution >= 0.6 is 23.7 Å². The monoisotopic (exact) mass is 717 g/mol. The number of amides is 1. The summed E-state index contributed by atoms with van der Waals surface area (Å²) in [5.41, 5.74) is 6.33. The number of carbonyl (C=O) groups excluding carboxylic acids is 1. The summed E-state index contributed by atoms with van der Waals surface area (Å²) in [6.07, 6.45) is 0. The van der Waals surface area contributed by atoms with Crippen molar-refractivity contribution in [1.82, 2.24) is 9.62 Å². The molecule has 1 aliphatic rings. The molecular weight excluding hydrogens is 675 g/mol. The maximum Gasteiger partial charge on any atom is 0.261 e. The van der Waals surface area contributed by atoms with Gasteiger partial charge in [-0.3, -0.25) is 14.4 Å². The molecule has 6 rings (SSSR count). The van der Waals surface area contributed by atoms with Crippen LogP contribution in [0.1, 0.15) is 35.8 Å². The molecule has 0 spiro atoms. The van der Waals surface area contributed by atoms with Crippen molar-refractivity contribution in [3.05, 3.63) is 137 Å². The summed E-state index contributed by atoms with van der Waals surface area (Å²) in [6.45, 7) is 9.37. The molecule has 1 atom stereocenters. The van der Waals surface area contributed by atoms with Gasteiger partial charge in [0, 0.05) is 65.6 Å². The number of nitrogens with one attached hydrogen (secondary N) is 2. The molecule has 0 radical (unpaired) electrons. The second-order valence-electron chi connectivity index (χ2n) is 12.2. The van der Waals surface area contributed by atoms with Gasteiger partial charge in [0.15, 0.2) is 0 Å². The third-order valence-corrected chi connectivity index (χ3v) is 10.8. The minimum absolute atomic E-state index is 0.195. The number of carbonyl (C=O) groups is 1. The Morgan fingerprint density at radius 1 is 0.824 bits per heavy atom. The van der Waals surface area contributed by atoms with Crippen molar-refractivity contribution < 1.29 is 9.53 Å². The summed E-state index contributed by atoms with van der Waals surface area (Å²) in [4.78, 5) is 31.3. The molecule has 2 N–H and O–H groups in total. The van der Waals surface area contributed by atoms with E-state index in [1.807, 2.05) is 73.7 Å². The van der Waals surface area contributed by atoms with E-state index in [-0.39, 0.29) is 5.91 Å². The standard InChI is InChI=1S/C41H43N5O3S2/c1-3-49-36-9-7-8-34(28-36)32-14-12-31(13-15-32)30(2)45-23-25-46(26-24-45)35-18-16-33(17-19-35)41(47)44-51-38-20-21-39(40(29-38)43-48)42-22-27-50-37-10-5-4-6-11-37/h4-21,28-30,42H,3,22-27H2,1-2H3,(H,44,47).